The minimum Gasteiger partial charge on any atom is -0.210 e. The van der Waals surface area contributed by atoms with E-state index in [-0.39, 0.29) is 0 Å². The Morgan fingerprint density at radius 1 is 1.38 bits per heavy atom. The molecule has 0 saturated carbocycles. The van der Waals surface area contributed by atoms with E-state index in [1.54, 1.807) is 0 Å². The standard InChI is InChI=1S/C3H3ClF4/c4-3(7,8)1-2(5)6/h2H,1H2. The molecule has 0 aromatic rings. The van der Waals surface area contributed by atoms with Gasteiger partial charge in [0.1, 0.15) is 0 Å². The Morgan fingerprint density at radius 2 is 1.75 bits per heavy atom. The smallest absolute Gasteiger partial charge is 0.210 e. The average Bonchev–Trinajstić information content (AvgIpc) is 1.21. The fourth-order valence-corrected chi connectivity index (χ4v) is 0.292. The van der Waals surface area contributed by atoms with E-state index in [2.05, 4.69) is 11.6 Å². The van der Waals surface area contributed by atoms with E-state index in [1.807, 2.05) is 0 Å². The Kier molecular flexibility index (Phi) is 2.53. The van der Waals surface area contributed by atoms with Crippen molar-refractivity contribution in [1.82, 2.24) is 0 Å². The first-order valence-corrected chi connectivity index (χ1v) is 2.14. The normalized spacial score (nSPS) is 12.8. The van der Waals surface area contributed by atoms with E-state index in [1.165, 1.54) is 0 Å². The first-order chi connectivity index (χ1) is 3.42. The lowest BCUT2D eigenvalue weighted by Crippen LogP contribution is -2.10. The molecule has 0 aliphatic carbocycles. The summed E-state index contributed by atoms with van der Waals surface area (Å²) in [5.74, 6) is 0. The summed E-state index contributed by atoms with van der Waals surface area (Å²) in [5.41, 5.74) is 0. The molecular weight excluding hydrogens is 147 g/mol. The molecule has 0 aliphatic rings. The Morgan fingerprint density at radius 3 is 1.75 bits per heavy atom. The van der Waals surface area contributed by atoms with Gasteiger partial charge in [-0.1, -0.05) is 0 Å². The molecule has 0 rings (SSSR count). The van der Waals surface area contributed by atoms with Crippen LogP contribution in [-0.2, 0) is 0 Å². The van der Waals surface area contributed by atoms with Gasteiger partial charge in [0, 0.05) is 0 Å². The first kappa shape index (κ1) is 8.01. The van der Waals surface area contributed by atoms with Crippen LogP contribution < -0.4 is 0 Å². The highest BCUT2D eigenvalue weighted by Crippen LogP contribution is 2.26. The lowest BCUT2D eigenvalue weighted by atomic mass is 10.5. The van der Waals surface area contributed by atoms with Crippen LogP contribution in [0.1, 0.15) is 6.42 Å². The zero-order chi connectivity index (χ0) is 6.78. The van der Waals surface area contributed by atoms with E-state index in [9.17, 15) is 17.6 Å². The number of rotatable bonds is 2. The molecular formula is C3H3ClF4. The van der Waals surface area contributed by atoms with Gasteiger partial charge in [-0.3, -0.25) is 0 Å². The van der Waals surface area contributed by atoms with Crippen molar-refractivity contribution in [2.75, 3.05) is 0 Å². The highest BCUT2D eigenvalue weighted by Gasteiger charge is 2.29. The van der Waals surface area contributed by atoms with Gasteiger partial charge in [0.15, 0.2) is 0 Å². The second-order valence-electron chi connectivity index (χ2n) is 1.21. The monoisotopic (exact) mass is 150 g/mol. The Hall–Kier alpha value is 0.01000. The van der Waals surface area contributed by atoms with E-state index in [0.29, 0.717) is 0 Å². The molecule has 0 spiro atoms. The molecule has 0 fully saturated rings. The number of hydrogen-bond acceptors (Lipinski definition) is 0. The summed E-state index contributed by atoms with van der Waals surface area (Å²) in [6.07, 6.45) is -4.61. The van der Waals surface area contributed by atoms with Crippen LogP contribution in [0.2, 0.25) is 0 Å². The lowest BCUT2D eigenvalue weighted by molar-refractivity contribution is 0.0128. The van der Waals surface area contributed by atoms with Gasteiger partial charge in [-0.2, -0.15) is 8.78 Å². The maximum atomic E-state index is 11.3. The van der Waals surface area contributed by atoms with Gasteiger partial charge in [0.05, 0.1) is 6.42 Å². The predicted molar refractivity (Wildman–Crippen MR) is 21.4 cm³/mol. The molecule has 0 radical (unpaired) electrons. The third-order valence-corrected chi connectivity index (χ3v) is 0.540. The molecule has 0 amide bonds. The predicted octanol–water partition coefficient (Wildman–Crippen LogP) is 2.47. The summed E-state index contributed by atoms with van der Waals surface area (Å²) in [5, 5.41) is -3.76. The van der Waals surface area contributed by atoms with Gasteiger partial charge < -0.3 is 0 Å². The summed E-state index contributed by atoms with van der Waals surface area (Å²) < 4.78 is 44.4. The SMILES string of the molecule is FC(F)CC(F)(F)Cl. The molecule has 0 aliphatic heterocycles. The van der Waals surface area contributed by atoms with Crippen LogP contribution in [0.15, 0.2) is 0 Å². The van der Waals surface area contributed by atoms with Crippen LogP contribution in [-0.4, -0.2) is 11.8 Å². The van der Waals surface area contributed by atoms with Crippen molar-refractivity contribution in [1.29, 1.82) is 0 Å². The highest BCUT2D eigenvalue weighted by atomic mass is 35.5. The molecule has 0 saturated heterocycles. The summed E-state index contributed by atoms with van der Waals surface area (Å²) in [6.45, 7) is 0. The van der Waals surface area contributed by atoms with Gasteiger partial charge >= 0.3 is 5.38 Å². The van der Waals surface area contributed by atoms with Gasteiger partial charge in [0.25, 0.3) is 0 Å². The minimum absolute atomic E-state index is 1.57. The molecule has 8 heavy (non-hydrogen) atoms. The molecule has 0 nitrogen and oxygen atoms in total. The molecule has 0 aromatic carbocycles. The maximum absolute atomic E-state index is 11.3. The first-order valence-electron chi connectivity index (χ1n) is 1.77. The number of hydrogen-bond donors (Lipinski definition) is 0. The Balaban J connectivity index is 3.39. The zero-order valence-corrected chi connectivity index (χ0v) is 4.43. The maximum Gasteiger partial charge on any atom is 0.327 e. The molecule has 0 atom stereocenters. The average molecular weight is 151 g/mol. The Labute approximate surface area is 48.4 Å². The Bertz CT molecular complexity index is 66.2. The summed E-state index contributed by atoms with van der Waals surface area (Å²) >= 11 is 4.11. The second-order valence-corrected chi connectivity index (χ2v) is 1.76. The van der Waals surface area contributed by atoms with E-state index in [4.69, 9.17) is 0 Å². The third kappa shape index (κ3) is 6.01. The van der Waals surface area contributed by atoms with Crippen LogP contribution in [0.5, 0.6) is 0 Å². The third-order valence-electron chi connectivity index (χ3n) is 0.386. The van der Waals surface area contributed by atoms with Crippen molar-refractivity contribution in [3.05, 3.63) is 0 Å². The van der Waals surface area contributed by atoms with Crippen molar-refractivity contribution in [2.45, 2.75) is 18.2 Å². The van der Waals surface area contributed by atoms with Crippen molar-refractivity contribution in [3.63, 3.8) is 0 Å². The van der Waals surface area contributed by atoms with Crippen LogP contribution in [0.4, 0.5) is 17.6 Å². The summed E-state index contributed by atoms with van der Waals surface area (Å²) in [6, 6.07) is 0. The van der Waals surface area contributed by atoms with Crippen molar-refractivity contribution in [3.8, 4) is 0 Å². The molecule has 0 aromatic heterocycles. The van der Waals surface area contributed by atoms with Crippen LogP contribution in [0.25, 0.3) is 0 Å². The lowest BCUT2D eigenvalue weighted by Gasteiger charge is -2.04. The van der Waals surface area contributed by atoms with Gasteiger partial charge in [-0.05, 0) is 11.6 Å². The minimum atomic E-state index is -3.76. The van der Waals surface area contributed by atoms with Crippen molar-refractivity contribution >= 4 is 11.6 Å². The quantitative estimate of drug-likeness (QED) is 0.419. The fourth-order valence-electron chi connectivity index (χ4n) is 0.175. The van der Waals surface area contributed by atoms with Crippen molar-refractivity contribution in [2.24, 2.45) is 0 Å². The molecule has 0 N–H and O–H groups in total. The van der Waals surface area contributed by atoms with E-state index >= 15 is 0 Å². The fraction of sp³-hybridized carbons (Fsp3) is 1.00. The molecule has 0 heterocycles. The van der Waals surface area contributed by atoms with Crippen molar-refractivity contribution < 1.29 is 17.6 Å². The van der Waals surface area contributed by atoms with Gasteiger partial charge in [-0.25, -0.2) is 8.78 Å². The van der Waals surface area contributed by atoms with E-state index < -0.39 is 18.2 Å². The topological polar surface area (TPSA) is 0 Å². The second kappa shape index (κ2) is 2.53. The molecule has 0 unspecified atom stereocenters. The van der Waals surface area contributed by atoms with E-state index in [0.717, 1.165) is 0 Å². The molecule has 5 heteroatoms. The van der Waals surface area contributed by atoms with Gasteiger partial charge in [-0.15, -0.1) is 0 Å². The molecule has 0 bridgehead atoms. The van der Waals surface area contributed by atoms with Gasteiger partial charge in [0.2, 0.25) is 6.43 Å². The number of halogens is 5. The largest absolute Gasteiger partial charge is 0.327 e. The zero-order valence-electron chi connectivity index (χ0n) is 3.67. The summed E-state index contributed by atoms with van der Waals surface area (Å²) in [7, 11) is 0. The number of alkyl halides is 5. The van der Waals surface area contributed by atoms with Crippen LogP contribution in [0.3, 0.4) is 0 Å². The highest BCUT2D eigenvalue weighted by molar-refractivity contribution is 6.21. The van der Waals surface area contributed by atoms with Crippen LogP contribution >= 0.6 is 11.6 Å². The molecule has 50 valence electrons. The summed E-state index contributed by atoms with van der Waals surface area (Å²) in [4.78, 5) is 0. The van der Waals surface area contributed by atoms with Crippen LogP contribution in [0, 0.1) is 0 Å².